The average molecular weight is 296 g/mol. The van der Waals surface area contributed by atoms with Crippen molar-refractivity contribution in [2.75, 3.05) is 19.6 Å². The third-order valence-electron chi connectivity index (χ3n) is 4.63. The third-order valence-corrected chi connectivity index (χ3v) is 4.63. The lowest BCUT2D eigenvalue weighted by Crippen LogP contribution is -2.55. The zero-order chi connectivity index (χ0) is 15.8. The van der Waals surface area contributed by atoms with Gasteiger partial charge in [-0.05, 0) is 46.5 Å². The van der Waals surface area contributed by atoms with Crippen LogP contribution in [-0.4, -0.2) is 59.1 Å². The fourth-order valence-electron chi connectivity index (χ4n) is 3.42. The van der Waals surface area contributed by atoms with Gasteiger partial charge in [0, 0.05) is 25.2 Å². The molecule has 1 aliphatic heterocycles. The molecule has 0 aromatic heterocycles. The minimum Gasteiger partial charge on any atom is -0.370 e. The monoisotopic (exact) mass is 296 g/mol. The number of carbonyl (C=O) groups excluding carboxylic acids is 1. The van der Waals surface area contributed by atoms with Gasteiger partial charge in [-0.25, -0.2) is 0 Å². The summed E-state index contributed by atoms with van der Waals surface area (Å²) in [6.07, 6.45) is 2.54. The summed E-state index contributed by atoms with van der Waals surface area (Å²) in [7, 11) is 0. The van der Waals surface area contributed by atoms with E-state index < -0.39 is 0 Å². The molecule has 1 aliphatic carbocycles. The van der Waals surface area contributed by atoms with Crippen LogP contribution in [0.2, 0.25) is 0 Å². The Morgan fingerprint density at radius 2 is 1.95 bits per heavy atom. The summed E-state index contributed by atoms with van der Waals surface area (Å²) < 4.78 is 5.92. The van der Waals surface area contributed by atoms with Crippen molar-refractivity contribution >= 4 is 5.91 Å². The van der Waals surface area contributed by atoms with Gasteiger partial charge in [0.1, 0.15) is 0 Å². The van der Waals surface area contributed by atoms with Gasteiger partial charge in [-0.1, -0.05) is 13.8 Å². The molecule has 2 atom stereocenters. The van der Waals surface area contributed by atoms with Crippen LogP contribution in [0, 0.1) is 5.92 Å². The Hall–Kier alpha value is -0.610. The molecule has 0 aromatic rings. The first-order chi connectivity index (χ1) is 9.69. The molecular formula is C17H32N2O2. The Morgan fingerprint density at radius 1 is 1.33 bits per heavy atom. The first-order valence-electron chi connectivity index (χ1n) is 8.41. The van der Waals surface area contributed by atoms with Gasteiger partial charge in [0.05, 0.1) is 18.2 Å². The summed E-state index contributed by atoms with van der Waals surface area (Å²) in [6.45, 7) is 15.1. The van der Waals surface area contributed by atoms with Crippen LogP contribution in [0.4, 0.5) is 0 Å². The standard InChI is InChI=1S/C17H32N2O2/c1-12(2)14(4)19(15-7-8-15)16(20)10-18-9-13(3)21-17(5,6)11-18/h12-15H,7-11H2,1-6H3/t13-,14-/m1/s1. The molecule has 4 heteroatoms. The molecule has 122 valence electrons. The molecule has 2 fully saturated rings. The van der Waals surface area contributed by atoms with Gasteiger partial charge < -0.3 is 9.64 Å². The van der Waals surface area contributed by atoms with E-state index in [4.69, 9.17) is 4.74 Å². The van der Waals surface area contributed by atoms with E-state index in [0.717, 1.165) is 13.1 Å². The van der Waals surface area contributed by atoms with E-state index in [0.29, 0.717) is 30.5 Å². The molecule has 0 unspecified atom stereocenters. The van der Waals surface area contributed by atoms with Crippen molar-refractivity contribution in [3.8, 4) is 0 Å². The number of carbonyl (C=O) groups is 1. The topological polar surface area (TPSA) is 32.8 Å². The largest absolute Gasteiger partial charge is 0.370 e. The minimum absolute atomic E-state index is 0.161. The van der Waals surface area contributed by atoms with E-state index in [-0.39, 0.29) is 11.7 Å². The van der Waals surface area contributed by atoms with Crippen LogP contribution in [0.5, 0.6) is 0 Å². The molecule has 0 aromatic carbocycles. The lowest BCUT2D eigenvalue weighted by molar-refractivity contribution is -0.148. The van der Waals surface area contributed by atoms with Gasteiger partial charge in [-0.2, -0.15) is 0 Å². The number of nitrogens with zero attached hydrogens (tertiary/aromatic N) is 2. The van der Waals surface area contributed by atoms with Crippen molar-refractivity contribution in [1.29, 1.82) is 0 Å². The number of hydrogen-bond acceptors (Lipinski definition) is 3. The Balaban J connectivity index is 1.98. The van der Waals surface area contributed by atoms with Crippen LogP contribution in [0.15, 0.2) is 0 Å². The van der Waals surface area contributed by atoms with Crippen molar-refractivity contribution in [3.05, 3.63) is 0 Å². The normalized spacial score (nSPS) is 27.7. The third kappa shape index (κ3) is 4.43. The Bertz CT molecular complexity index is 377. The lowest BCUT2D eigenvalue weighted by atomic mass is 10.0. The van der Waals surface area contributed by atoms with Gasteiger partial charge in [-0.3, -0.25) is 9.69 Å². The van der Waals surface area contributed by atoms with Crippen LogP contribution < -0.4 is 0 Å². The number of hydrogen-bond donors (Lipinski definition) is 0. The second-order valence-corrected chi connectivity index (χ2v) is 7.87. The zero-order valence-electron chi connectivity index (χ0n) is 14.6. The first-order valence-corrected chi connectivity index (χ1v) is 8.41. The summed E-state index contributed by atoms with van der Waals surface area (Å²) in [4.78, 5) is 17.2. The molecule has 2 aliphatic rings. The van der Waals surface area contributed by atoms with Crippen molar-refractivity contribution in [2.24, 2.45) is 5.92 Å². The molecule has 1 saturated carbocycles. The number of rotatable bonds is 5. The molecule has 2 rings (SSSR count). The number of amides is 1. The maximum Gasteiger partial charge on any atom is 0.237 e. The summed E-state index contributed by atoms with van der Waals surface area (Å²) in [5.74, 6) is 0.804. The van der Waals surface area contributed by atoms with Gasteiger partial charge in [0.2, 0.25) is 5.91 Å². The first kappa shape index (κ1) is 16.8. The van der Waals surface area contributed by atoms with Gasteiger partial charge in [0.15, 0.2) is 0 Å². The predicted molar refractivity (Wildman–Crippen MR) is 85.2 cm³/mol. The molecule has 0 spiro atoms. The molecule has 21 heavy (non-hydrogen) atoms. The van der Waals surface area contributed by atoms with Crippen LogP contribution in [0.25, 0.3) is 0 Å². The second-order valence-electron chi connectivity index (χ2n) is 7.87. The smallest absolute Gasteiger partial charge is 0.237 e. The van der Waals surface area contributed by atoms with E-state index in [1.807, 2.05) is 0 Å². The summed E-state index contributed by atoms with van der Waals surface area (Å²) in [5, 5.41) is 0. The highest BCUT2D eigenvalue weighted by atomic mass is 16.5. The summed E-state index contributed by atoms with van der Waals surface area (Å²) in [5.41, 5.74) is -0.161. The predicted octanol–water partition coefficient (Wildman–Crippen LogP) is 2.52. The van der Waals surface area contributed by atoms with Crippen molar-refractivity contribution in [1.82, 2.24) is 9.80 Å². The van der Waals surface area contributed by atoms with Gasteiger partial charge in [0.25, 0.3) is 0 Å². The fraction of sp³-hybridized carbons (Fsp3) is 0.941. The molecule has 1 amide bonds. The maximum atomic E-state index is 12.8. The molecule has 0 radical (unpaired) electrons. The number of ether oxygens (including phenoxy) is 1. The van der Waals surface area contributed by atoms with E-state index in [1.54, 1.807) is 0 Å². The SMILES string of the molecule is CC(C)[C@@H](C)N(C(=O)CN1C[C@@H](C)OC(C)(C)C1)C1CC1. The lowest BCUT2D eigenvalue weighted by Gasteiger charge is -2.42. The Kier molecular flexibility index (Phi) is 4.99. The highest BCUT2D eigenvalue weighted by Gasteiger charge is 2.38. The van der Waals surface area contributed by atoms with E-state index in [1.165, 1.54) is 12.8 Å². The molecule has 0 N–H and O–H groups in total. The average Bonchev–Trinajstić information content (AvgIpc) is 3.10. The summed E-state index contributed by atoms with van der Waals surface area (Å²) in [6, 6.07) is 0.817. The fourth-order valence-corrected chi connectivity index (χ4v) is 3.42. The zero-order valence-corrected chi connectivity index (χ0v) is 14.6. The van der Waals surface area contributed by atoms with E-state index in [9.17, 15) is 4.79 Å². The molecule has 0 bridgehead atoms. The molecule has 1 heterocycles. The van der Waals surface area contributed by atoms with Crippen molar-refractivity contribution < 1.29 is 9.53 Å². The van der Waals surface area contributed by atoms with E-state index in [2.05, 4.69) is 51.3 Å². The Morgan fingerprint density at radius 3 is 2.43 bits per heavy atom. The highest BCUT2D eigenvalue weighted by Crippen LogP contribution is 2.31. The minimum atomic E-state index is -0.161. The molecular weight excluding hydrogens is 264 g/mol. The highest BCUT2D eigenvalue weighted by molar-refractivity contribution is 5.79. The Labute approximate surface area is 129 Å². The van der Waals surface area contributed by atoms with Gasteiger partial charge >= 0.3 is 0 Å². The maximum absolute atomic E-state index is 12.8. The number of morpholine rings is 1. The second kappa shape index (κ2) is 6.25. The van der Waals surface area contributed by atoms with Crippen LogP contribution in [0.1, 0.15) is 54.4 Å². The molecule has 4 nitrogen and oxygen atoms in total. The van der Waals surface area contributed by atoms with Crippen LogP contribution >= 0.6 is 0 Å². The van der Waals surface area contributed by atoms with Crippen molar-refractivity contribution in [2.45, 2.75) is 78.2 Å². The van der Waals surface area contributed by atoms with E-state index >= 15 is 0 Å². The van der Waals surface area contributed by atoms with Crippen LogP contribution in [-0.2, 0) is 9.53 Å². The quantitative estimate of drug-likeness (QED) is 0.781. The van der Waals surface area contributed by atoms with Crippen molar-refractivity contribution in [3.63, 3.8) is 0 Å². The molecule has 1 saturated heterocycles. The summed E-state index contributed by atoms with van der Waals surface area (Å²) >= 11 is 0. The van der Waals surface area contributed by atoms with Gasteiger partial charge in [-0.15, -0.1) is 0 Å². The van der Waals surface area contributed by atoms with Crippen LogP contribution in [0.3, 0.4) is 0 Å².